The number of carbonyl (C=O) groups is 3. The lowest BCUT2D eigenvalue weighted by molar-refractivity contribution is -0.167. The number of hydrogen-bond acceptors (Lipinski definition) is 6. The van der Waals surface area contributed by atoms with E-state index in [2.05, 4.69) is 81.5 Å². The molecule has 6 nitrogen and oxygen atoms in total. The second kappa shape index (κ2) is 66.6. The van der Waals surface area contributed by atoms with E-state index in [1.807, 2.05) is 0 Å². The summed E-state index contributed by atoms with van der Waals surface area (Å²) < 4.78 is 17.0. The van der Waals surface area contributed by atoms with Gasteiger partial charge in [0.25, 0.3) is 0 Å². The molecule has 0 aliphatic heterocycles. The van der Waals surface area contributed by atoms with E-state index in [9.17, 15) is 14.4 Å². The van der Waals surface area contributed by atoms with Gasteiger partial charge in [-0.25, -0.2) is 0 Å². The summed E-state index contributed by atoms with van der Waals surface area (Å²) in [4.78, 5) is 38.4. The van der Waals surface area contributed by atoms with Gasteiger partial charge in [0.2, 0.25) is 0 Å². The summed E-state index contributed by atoms with van der Waals surface area (Å²) in [6.07, 6.45) is 85.3. The van der Waals surface area contributed by atoms with Crippen molar-refractivity contribution in [3.8, 4) is 0 Å². The lowest BCUT2D eigenvalue weighted by Crippen LogP contribution is -2.30. The van der Waals surface area contributed by atoms with Crippen LogP contribution in [-0.2, 0) is 28.6 Å². The molecule has 454 valence electrons. The number of unbranched alkanes of at least 4 members (excludes halogenated alkanes) is 42. The summed E-state index contributed by atoms with van der Waals surface area (Å²) in [6, 6.07) is 0. The molecule has 1 atom stereocenters. The predicted molar refractivity (Wildman–Crippen MR) is 339 cm³/mol. The van der Waals surface area contributed by atoms with Crippen molar-refractivity contribution in [1.82, 2.24) is 0 Å². The molecule has 0 aromatic carbocycles. The molecule has 0 N–H and O–H groups in total. The zero-order valence-electron chi connectivity index (χ0n) is 52.2. The van der Waals surface area contributed by atoms with Crippen LogP contribution in [0.2, 0.25) is 0 Å². The van der Waals surface area contributed by atoms with Gasteiger partial charge in [-0.05, 0) is 64.2 Å². The number of esters is 3. The standard InChI is InChI=1S/C72H130O6/c1-4-7-10-13-16-19-22-25-28-30-32-34-35-36-37-39-40-42-44-47-50-53-56-59-62-65-71(74)77-68-69(67-76-70(73)64-61-58-55-52-49-46-27-24-21-18-15-12-9-6-3)78-72(75)66-63-60-57-54-51-48-45-43-41-38-33-31-29-26-23-20-17-14-11-8-5-2/h8,11,17,20,26,29,33,38,43,45,69H,4-7,9-10,12-16,18-19,21-25,27-28,30-32,34-37,39-42,44,46-68H2,1-3H3/b11-8-,20-17-,29-26-,38-33-,45-43-. The van der Waals surface area contributed by atoms with E-state index in [4.69, 9.17) is 14.2 Å². The number of carbonyl (C=O) groups excluding carboxylic acids is 3. The minimum Gasteiger partial charge on any atom is -0.462 e. The van der Waals surface area contributed by atoms with Crippen LogP contribution in [0.1, 0.15) is 361 Å². The summed E-state index contributed by atoms with van der Waals surface area (Å²) in [5.41, 5.74) is 0. The Bertz CT molecular complexity index is 1390. The maximum Gasteiger partial charge on any atom is 0.306 e. The molecule has 0 saturated heterocycles. The number of hydrogen-bond donors (Lipinski definition) is 0. The van der Waals surface area contributed by atoms with Crippen LogP contribution in [0.5, 0.6) is 0 Å². The monoisotopic (exact) mass is 1090 g/mol. The van der Waals surface area contributed by atoms with Gasteiger partial charge in [0, 0.05) is 19.3 Å². The highest BCUT2D eigenvalue weighted by atomic mass is 16.6. The van der Waals surface area contributed by atoms with Gasteiger partial charge in [-0.15, -0.1) is 0 Å². The molecule has 0 rings (SSSR count). The molecule has 1 unspecified atom stereocenters. The number of ether oxygens (including phenoxy) is 3. The molecule has 0 heterocycles. The molecule has 0 bridgehead atoms. The topological polar surface area (TPSA) is 78.9 Å². The third-order valence-corrected chi connectivity index (χ3v) is 15.3. The molecule has 0 fully saturated rings. The van der Waals surface area contributed by atoms with Crippen LogP contribution in [0.25, 0.3) is 0 Å². The van der Waals surface area contributed by atoms with E-state index in [0.717, 1.165) is 109 Å². The van der Waals surface area contributed by atoms with Crippen molar-refractivity contribution < 1.29 is 28.6 Å². The smallest absolute Gasteiger partial charge is 0.306 e. The number of allylic oxidation sites excluding steroid dienone is 10. The van der Waals surface area contributed by atoms with Gasteiger partial charge in [-0.2, -0.15) is 0 Å². The van der Waals surface area contributed by atoms with Crippen LogP contribution < -0.4 is 0 Å². The van der Waals surface area contributed by atoms with Gasteiger partial charge >= 0.3 is 17.9 Å². The lowest BCUT2D eigenvalue weighted by atomic mass is 10.0. The number of rotatable bonds is 63. The van der Waals surface area contributed by atoms with Crippen molar-refractivity contribution >= 4 is 17.9 Å². The van der Waals surface area contributed by atoms with Crippen molar-refractivity contribution in [3.05, 3.63) is 60.8 Å². The largest absolute Gasteiger partial charge is 0.462 e. The first-order chi connectivity index (χ1) is 38.5. The Labute approximate surface area is 485 Å². The summed E-state index contributed by atoms with van der Waals surface area (Å²) in [6.45, 7) is 6.57. The molecular formula is C72H130O6. The minimum absolute atomic E-state index is 0.0774. The third-order valence-electron chi connectivity index (χ3n) is 15.3. The molecule has 0 saturated carbocycles. The first kappa shape index (κ1) is 75.1. The summed E-state index contributed by atoms with van der Waals surface area (Å²) in [5, 5.41) is 0. The first-order valence-corrected chi connectivity index (χ1v) is 34.3. The second-order valence-corrected chi connectivity index (χ2v) is 23.1. The molecule has 6 heteroatoms. The highest BCUT2D eigenvalue weighted by Crippen LogP contribution is 2.18. The van der Waals surface area contributed by atoms with Crippen LogP contribution in [0.4, 0.5) is 0 Å². The van der Waals surface area contributed by atoms with Crippen molar-refractivity contribution in [1.29, 1.82) is 0 Å². The summed E-state index contributed by atoms with van der Waals surface area (Å²) >= 11 is 0. The van der Waals surface area contributed by atoms with Crippen LogP contribution in [-0.4, -0.2) is 37.2 Å². The fourth-order valence-corrected chi connectivity index (χ4v) is 10.2. The maximum atomic E-state index is 12.9. The SMILES string of the molecule is CC/C=C\C/C=C\C/C=C\C/C=C\C/C=C\CCCCCCCC(=O)OC(COC(=O)CCCCCCCCCCCCCCCC)COC(=O)CCCCCCCCCCCCCCCCCCCCCCCCCCC. The molecule has 0 aromatic rings. The molecule has 0 aromatic heterocycles. The van der Waals surface area contributed by atoms with Gasteiger partial charge in [-0.1, -0.05) is 338 Å². The van der Waals surface area contributed by atoms with Crippen LogP contribution in [0.15, 0.2) is 60.8 Å². The first-order valence-electron chi connectivity index (χ1n) is 34.3. The minimum atomic E-state index is -0.783. The van der Waals surface area contributed by atoms with Gasteiger partial charge in [0.15, 0.2) is 6.10 Å². The zero-order valence-corrected chi connectivity index (χ0v) is 52.2. The third kappa shape index (κ3) is 63.9. The predicted octanol–water partition coefficient (Wildman–Crippen LogP) is 23.5. The molecular weight excluding hydrogens is 961 g/mol. The average molecular weight is 1090 g/mol. The Balaban J connectivity index is 4.30. The normalized spacial score (nSPS) is 12.4. The molecule has 0 spiro atoms. The molecule has 0 amide bonds. The molecule has 78 heavy (non-hydrogen) atoms. The molecule has 0 radical (unpaired) electrons. The lowest BCUT2D eigenvalue weighted by Gasteiger charge is -2.18. The van der Waals surface area contributed by atoms with E-state index >= 15 is 0 Å². The Morgan fingerprint density at radius 3 is 0.782 bits per heavy atom. The van der Waals surface area contributed by atoms with Crippen molar-refractivity contribution in [2.24, 2.45) is 0 Å². The average Bonchev–Trinajstić information content (AvgIpc) is 3.44. The highest BCUT2D eigenvalue weighted by Gasteiger charge is 2.19. The van der Waals surface area contributed by atoms with E-state index in [-0.39, 0.29) is 31.1 Å². The Kier molecular flexibility index (Phi) is 64.2. The summed E-state index contributed by atoms with van der Waals surface area (Å²) in [5.74, 6) is -0.872. The van der Waals surface area contributed by atoms with Gasteiger partial charge in [0.1, 0.15) is 13.2 Å². The Morgan fingerprint density at radius 2 is 0.500 bits per heavy atom. The van der Waals surface area contributed by atoms with E-state index in [1.165, 1.54) is 212 Å². The van der Waals surface area contributed by atoms with Crippen LogP contribution in [0.3, 0.4) is 0 Å². The second-order valence-electron chi connectivity index (χ2n) is 23.1. The van der Waals surface area contributed by atoms with E-state index < -0.39 is 6.10 Å². The van der Waals surface area contributed by atoms with Gasteiger partial charge in [0.05, 0.1) is 0 Å². The Hall–Kier alpha value is -2.89. The van der Waals surface area contributed by atoms with Gasteiger partial charge < -0.3 is 14.2 Å². The molecule has 0 aliphatic rings. The van der Waals surface area contributed by atoms with E-state index in [1.54, 1.807) is 0 Å². The zero-order chi connectivity index (χ0) is 56.4. The van der Waals surface area contributed by atoms with Gasteiger partial charge in [-0.3, -0.25) is 14.4 Å². The van der Waals surface area contributed by atoms with Crippen molar-refractivity contribution in [2.45, 2.75) is 367 Å². The van der Waals surface area contributed by atoms with Crippen molar-refractivity contribution in [3.63, 3.8) is 0 Å². The maximum absolute atomic E-state index is 12.9. The quantitative estimate of drug-likeness (QED) is 0.0261. The fraction of sp³-hybridized carbons (Fsp3) is 0.819. The van der Waals surface area contributed by atoms with Crippen LogP contribution >= 0.6 is 0 Å². The Morgan fingerprint density at radius 1 is 0.269 bits per heavy atom. The fourth-order valence-electron chi connectivity index (χ4n) is 10.2. The van der Waals surface area contributed by atoms with Crippen LogP contribution in [0, 0.1) is 0 Å². The summed E-state index contributed by atoms with van der Waals surface area (Å²) in [7, 11) is 0. The van der Waals surface area contributed by atoms with Crippen molar-refractivity contribution in [2.75, 3.05) is 13.2 Å². The molecule has 0 aliphatic carbocycles. The van der Waals surface area contributed by atoms with E-state index in [0.29, 0.717) is 19.3 Å². The highest BCUT2D eigenvalue weighted by molar-refractivity contribution is 5.71.